The van der Waals surface area contributed by atoms with Crippen LogP contribution >= 0.6 is 15.9 Å². The van der Waals surface area contributed by atoms with Gasteiger partial charge in [-0.2, -0.15) is 0 Å². The molecule has 0 fully saturated rings. The number of rotatable bonds is 7. The van der Waals surface area contributed by atoms with Crippen LogP contribution in [0.15, 0.2) is 16.6 Å². The van der Waals surface area contributed by atoms with E-state index in [1.807, 2.05) is 26.8 Å². The zero-order chi connectivity index (χ0) is 16.0. The molecule has 0 heterocycles. The summed E-state index contributed by atoms with van der Waals surface area (Å²) < 4.78 is 6.52. The fraction of sp³-hybridized carbons (Fsp3) is 0.500. The molecule has 0 aliphatic rings. The lowest BCUT2D eigenvalue weighted by molar-refractivity contribution is -0.128. The van der Waals surface area contributed by atoms with E-state index in [1.165, 1.54) is 0 Å². The van der Waals surface area contributed by atoms with Crippen molar-refractivity contribution in [3.63, 3.8) is 0 Å². The topological polar surface area (TPSA) is 55.4 Å². The maximum absolute atomic E-state index is 12.1. The summed E-state index contributed by atoms with van der Waals surface area (Å²) in [5.41, 5.74) is 1.25. The number of carbonyl (C=O) groups is 2. The normalized spacial score (nSPS) is 12.1. The first kappa shape index (κ1) is 17.7. The summed E-state index contributed by atoms with van der Waals surface area (Å²) in [7, 11) is 0. The van der Waals surface area contributed by atoms with Gasteiger partial charge in [0.2, 0.25) is 0 Å². The summed E-state index contributed by atoms with van der Waals surface area (Å²) >= 11 is 3.34. The van der Waals surface area contributed by atoms with Crippen molar-refractivity contribution in [3.8, 4) is 5.75 Å². The third-order valence-corrected chi connectivity index (χ3v) is 3.85. The molecule has 0 spiro atoms. The standard InChI is InChI=1S/C16H22BrNO3/c1-5-14(6-2)18-16(20)11(4)21-15-10(3)7-13(17)8-12(15)9-19/h7-9,11,14H,5-6H2,1-4H3,(H,18,20). The Kier molecular flexibility index (Phi) is 6.89. The van der Waals surface area contributed by atoms with Gasteiger partial charge in [0.05, 0.1) is 5.56 Å². The van der Waals surface area contributed by atoms with Gasteiger partial charge in [0.15, 0.2) is 12.4 Å². The van der Waals surface area contributed by atoms with Gasteiger partial charge in [0.1, 0.15) is 5.75 Å². The van der Waals surface area contributed by atoms with E-state index in [0.717, 1.165) is 29.2 Å². The number of ether oxygens (including phenoxy) is 1. The second-order valence-corrected chi connectivity index (χ2v) is 5.96. The van der Waals surface area contributed by atoms with E-state index in [-0.39, 0.29) is 11.9 Å². The molecule has 1 atom stereocenters. The summed E-state index contributed by atoms with van der Waals surface area (Å²) in [4.78, 5) is 23.3. The van der Waals surface area contributed by atoms with E-state index in [1.54, 1.807) is 13.0 Å². The van der Waals surface area contributed by atoms with Crippen LogP contribution in [-0.4, -0.2) is 24.3 Å². The van der Waals surface area contributed by atoms with E-state index in [4.69, 9.17) is 4.74 Å². The second kappa shape index (κ2) is 8.17. The van der Waals surface area contributed by atoms with Crippen LogP contribution in [0.3, 0.4) is 0 Å². The van der Waals surface area contributed by atoms with Gasteiger partial charge in [-0.25, -0.2) is 0 Å². The average Bonchev–Trinajstić information content (AvgIpc) is 2.46. The monoisotopic (exact) mass is 355 g/mol. The molecule has 1 aromatic rings. The van der Waals surface area contributed by atoms with Crippen molar-refractivity contribution in [1.29, 1.82) is 0 Å². The Balaban J connectivity index is 2.85. The number of hydrogen-bond acceptors (Lipinski definition) is 3. The van der Waals surface area contributed by atoms with Crippen LogP contribution in [0.5, 0.6) is 5.75 Å². The number of hydrogen-bond donors (Lipinski definition) is 1. The van der Waals surface area contributed by atoms with Crippen molar-refractivity contribution in [1.82, 2.24) is 5.32 Å². The molecular weight excluding hydrogens is 334 g/mol. The summed E-state index contributed by atoms with van der Waals surface area (Å²) in [6.45, 7) is 7.60. The van der Waals surface area contributed by atoms with Gasteiger partial charge in [-0.3, -0.25) is 9.59 Å². The minimum atomic E-state index is -0.649. The van der Waals surface area contributed by atoms with Crippen molar-refractivity contribution in [2.75, 3.05) is 0 Å². The smallest absolute Gasteiger partial charge is 0.260 e. The molecule has 1 N–H and O–H groups in total. The minimum absolute atomic E-state index is 0.153. The second-order valence-electron chi connectivity index (χ2n) is 5.04. The van der Waals surface area contributed by atoms with Crippen LogP contribution in [0.25, 0.3) is 0 Å². The lowest BCUT2D eigenvalue weighted by atomic mass is 10.1. The molecule has 1 amide bonds. The Bertz CT molecular complexity index is 512. The van der Waals surface area contributed by atoms with Crippen LogP contribution in [0.4, 0.5) is 0 Å². The van der Waals surface area contributed by atoms with Gasteiger partial charge >= 0.3 is 0 Å². The third kappa shape index (κ3) is 4.84. The molecule has 0 aliphatic carbocycles. The minimum Gasteiger partial charge on any atom is -0.480 e. The lowest BCUT2D eigenvalue weighted by Crippen LogP contribution is -2.42. The van der Waals surface area contributed by atoms with Crippen LogP contribution in [0.2, 0.25) is 0 Å². The quantitative estimate of drug-likeness (QED) is 0.759. The van der Waals surface area contributed by atoms with Crippen LogP contribution in [0.1, 0.15) is 49.5 Å². The number of aryl methyl sites for hydroxylation is 1. The van der Waals surface area contributed by atoms with E-state index < -0.39 is 6.10 Å². The summed E-state index contributed by atoms with van der Waals surface area (Å²) in [6.07, 6.45) is 1.85. The molecule has 0 aliphatic heterocycles. The summed E-state index contributed by atoms with van der Waals surface area (Å²) in [5.74, 6) is 0.295. The molecule has 0 radical (unpaired) electrons. The van der Waals surface area contributed by atoms with E-state index in [9.17, 15) is 9.59 Å². The van der Waals surface area contributed by atoms with E-state index >= 15 is 0 Å². The summed E-state index contributed by atoms with van der Waals surface area (Å²) in [6, 6.07) is 3.69. The molecule has 1 aromatic carbocycles. The lowest BCUT2D eigenvalue weighted by Gasteiger charge is -2.21. The first-order chi connectivity index (χ1) is 9.92. The van der Waals surface area contributed by atoms with Gasteiger partial charge in [0.25, 0.3) is 5.91 Å². The Morgan fingerprint density at radius 2 is 2.00 bits per heavy atom. The van der Waals surface area contributed by atoms with E-state index in [2.05, 4.69) is 21.2 Å². The number of halogens is 1. The summed E-state index contributed by atoms with van der Waals surface area (Å²) in [5, 5.41) is 2.94. The molecule has 0 saturated carbocycles. The van der Waals surface area contributed by atoms with Gasteiger partial charge in [-0.05, 0) is 44.4 Å². The highest BCUT2D eigenvalue weighted by atomic mass is 79.9. The predicted octanol–water partition coefficient (Wildman–Crippen LogP) is 3.64. The molecule has 0 aromatic heterocycles. The molecule has 1 rings (SSSR count). The average molecular weight is 356 g/mol. The number of carbonyl (C=O) groups excluding carboxylic acids is 2. The Morgan fingerprint density at radius 3 is 2.52 bits per heavy atom. The highest BCUT2D eigenvalue weighted by Crippen LogP contribution is 2.27. The van der Waals surface area contributed by atoms with Gasteiger partial charge in [-0.15, -0.1) is 0 Å². The molecule has 21 heavy (non-hydrogen) atoms. The van der Waals surface area contributed by atoms with Crippen LogP contribution in [-0.2, 0) is 4.79 Å². The largest absolute Gasteiger partial charge is 0.480 e. The maximum atomic E-state index is 12.1. The Labute approximate surface area is 134 Å². The number of benzene rings is 1. The zero-order valence-corrected chi connectivity index (χ0v) is 14.5. The number of amides is 1. The first-order valence-corrected chi connectivity index (χ1v) is 7.94. The fourth-order valence-electron chi connectivity index (χ4n) is 2.05. The van der Waals surface area contributed by atoms with Crippen molar-refractivity contribution in [3.05, 3.63) is 27.7 Å². The Morgan fingerprint density at radius 1 is 1.38 bits per heavy atom. The van der Waals surface area contributed by atoms with E-state index in [0.29, 0.717) is 11.3 Å². The van der Waals surface area contributed by atoms with Gasteiger partial charge in [-0.1, -0.05) is 29.8 Å². The van der Waals surface area contributed by atoms with Crippen molar-refractivity contribution >= 4 is 28.1 Å². The SMILES string of the molecule is CCC(CC)NC(=O)C(C)Oc1c(C)cc(Br)cc1C=O. The predicted molar refractivity (Wildman–Crippen MR) is 86.9 cm³/mol. The Hall–Kier alpha value is -1.36. The number of nitrogens with one attached hydrogen (secondary N) is 1. The highest BCUT2D eigenvalue weighted by molar-refractivity contribution is 9.10. The fourth-order valence-corrected chi connectivity index (χ4v) is 2.64. The first-order valence-electron chi connectivity index (χ1n) is 7.15. The molecule has 5 heteroatoms. The van der Waals surface area contributed by atoms with Crippen LogP contribution in [0, 0.1) is 6.92 Å². The molecule has 1 unspecified atom stereocenters. The van der Waals surface area contributed by atoms with Crippen LogP contribution < -0.4 is 10.1 Å². The maximum Gasteiger partial charge on any atom is 0.260 e. The van der Waals surface area contributed by atoms with Crippen molar-refractivity contribution < 1.29 is 14.3 Å². The van der Waals surface area contributed by atoms with Gasteiger partial charge in [0, 0.05) is 10.5 Å². The molecule has 116 valence electrons. The van der Waals surface area contributed by atoms with Gasteiger partial charge < -0.3 is 10.1 Å². The molecule has 0 saturated heterocycles. The molecule has 4 nitrogen and oxygen atoms in total. The number of aldehydes is 1. The molecule has 0 bridgehead atoms. The van der Waals surface area contributed by atoms with Crippen molar-refractivity contribution in [2.24, 2.45) is 0 Å². The third-order valence-electron chi connectivity index (χ3n) is 3.39. The zero-order valence-electron chi connectivity index (χ0n) is 12.9. The van der Waals surface area contributed by atoms with Crippen molar-refractivity contribution in [2.45, 2.75) is 52.7 Å². The highest BCUT2D eigenvalue weighted by Gasteiger charge is 2.20. The molecular formula is C16H22BrNO3.